The van der Waals surface area contributed by atoms with Crippen molar-refractivity contribution < 1.29 is 13.2 Å². The van der Waals surface area contributed by atoms with Crippen LogP contribution in [0.1, 0.15) is 42.7 Å². The highest BCUT2D eigenvalue weighted by molar-refractivity contribution is 5.80. The molecule has 5 nitrogen and oxygen atoms in total. The molecule has 1 aliphatic carbocycles. The summed E-state index contributed by atoms with van der Waals surface area (Å²) in [7, 11) is 0. The Labute approximate surface area is 177 Å². The fourth-order valence-corrected chi connectivity index (χ4v) is 4.29. The van der Waals surface area contributed by atoms with Gasteiger partial charge in [0.15, 0.2) is 5.65 Å². The van der Waals surface area contributed by atoms with Gasteiger partial charge in [0.2, 0.25) is 0 Å². The standard InChI is InChI=1S/C23H22F3N5/c1-22(2)7-6-18-19(10-22)28-29-20(18)15-9-16-13-31(30-21(16)27-11-15)12-14-4-3-5-17(8-14)23(24,25)26/h3-5,8-9,11,13H,6-7,10,12H2,1-2H3,(H,28,29). The summed E-state index contributed by atoms with van der Waals surface area (Å²) in [4.78, 5) is 4.47. The molecule has 160 valence electrons. The van der Waals surface area contributed by atoms with Gasteiger partial charge in [0, 0.05) is 34.6 Å². The second kappa shape index (κ2) is 6.93. The molecule has 3 aromatic heterocycles. The molecule has 0 unspecified atom stereocenters. The van der Waals surface area contributed by atoms with Crippen LogP contribution in [0.5, 0.6) is 0 Å². The number of pyridine rings is 1. The van der Waals surface area contributed by atoms with Crippen LogP contribution >= 0.6 is 0 Å². The molecule has 0 spiro atoms. The Morgan fingerprint density at radius 1 is 1.19 bits per heavy atom. The first-order valence-electron chi connectivity index (χ1n) is 10.2. The van der Waals surface area contributed by atoms with E-state index in [9.17, 15) is 13.2 Å². The van der Waals surface area contributed by atoms with E-state index in [1.165, 1.54) is 17.3 Å². The summed E-state index contributed by atoms with van der Waals surface area (Å²) in [6.07, 6.45) is 2.27. The van der Waals surface area contributed by atoms with E-state index in [0.29, 0.717) is 11.2 Å². The summed E-state index contributed by atoms with van der Waals surface area (Å²) in [5.74, 6) is 0. The number of rotatable bonds is 3. The number of H-pyrrole nitrogens is 1. The minimum Gasteiger partial charge on any atom is -0.282 e. The average molecular weight is 425 g/mol. The van der Waals surface area contributed by atoms with Gasteiger partial charge in [0.1, 0.15) is 0 Å². The van der Waals surface area contributed by atoms with E-state index in [0.717, 1.165) is 48.0 Å². The summed E-state index contributed by atoms with van der Waals surface area (Å²) >= 11 is 0. The van der Waals surface area contributed by atoms with Crippen molar-refractivity contribution in [3.8, 4) is 11.3 Å². The number of aromatic amines is 1. The maximum atomic E-state index is 13.0. The summed E-state index contributed by atoms with van der Waals surface area (Å²) in [6, 6.07) is 7.30. The second-order valence-electron chi connectivity index (χ2n) is 9.03. The molecule has 4 aromatic rings. The Kier molecular flexibility index (Phi) is 4.42. The Morgan fingerprint density at radius 2 is 2.03 bits per heavy atom. The Balaban J connectivity index is 1.44. The van der Waals surface area contributed by atoms with Gasteiger partial charge in [-0.05, 0) is 48.4 Å². The highest BCUT2D eigenvalue weighted by Gasteiger charge is 2.31. The molecule has 8 heteroatoms. The first-order valence-corrected chi connectivity index (χ1v) is 10.2. The van der Waals surface area contributed by atoms with Crippen LogP contribution in [0.25, 0.3) is 22.3 Å². The van der Waals surface area contributed by atoms with Crippen LogP contribution in [0.2, 0.25) is 0 Å². The van der Waals surface area contributed by atoms with Gasteiger partial charge < -0.3 is 0 Å². The van der Waals surface area contributed by atoms with Gasteiger partial charge in [-0.15, -0.1) is 0 Å². The molecular formula is C23H22F3N5. The van der Waals surface area contributed by atoms with E-state index in [2.05, 4.69) is 34.1 Å². The number of fused-ring (bicyclic) bond motifs is 2. The molecule has 0 saturated heterocycles. The summed E-state index contributed by atoms with van der Waals surface area (Å²) in [5.41, 5.74) is 4.97. The Bertz CT molecular complexity index is 1270. The molecule has 0 radical (unpaired) electrons. The van der Waals surface area contributed by atoms with E-state index in [1.807, 2.05) is 12.3 Å². The lowest BCUT2D eigenvalue weighted by Gasteiger charge is -2.29. The topological polar surface area (TPSA) is 59.4 Å². The zero-order valence-corrected chi connectivity index (χ0v) is 17.3. The summed E-state index contributed by atoms with van der Waals surface area (Å²) in [5, 5.41) is 13.0. The number of aromatic nitrogens is 5. The monoisotopic (exact) mass is 425 g/mol. The molecule has 0 fully saturated rings. The molecule has 31 heavy (non-hydrogen) atoms. The van der Waals surface area contributed by atoms with Crippen LogP contribution in [0.3, 0.4) is 0 Å². The van der Waals surface area contributed by atoms with E-state index in [4.69, 9.17) is 0 Å². The van der Waals surface area contributed by atoms with Crippen molar-refractivity contribution >= 4 is 11.0 Å². The Hall–Kier alpha value is -3.16. The Morgan fingerprint density at radius 3 is 2.84 bits per heavy atom. The lowest BCUT2D eigenvalue weighted by Crippen LogP contribution is -2.21. The number of nitrogens with zero attached hydrogens (tertiary/aromatic N) is 4. The SMILES string of the molecule is CC1(C)CCc2c(-c3cnc4nn(Cc5cccc(C(F)(F)F)c5)cc4c3)n[nH]c2C1. The predicted molar refractivity (Wildman–Crippen MR) is 111 cm³/mol. The van der Waals surface area contributed by atoms with Crippen LogP contribution in [-0.4, -0.2) is 25.0 Å². The van der Waals surface area contributed by atoms with E-state index in [-0.39, 0.29) is 12.0 Å². The second-order valence-corrected chi connectivity index (χ2v) is 9.03. The highest BCUT2D eigenvalue weighted by Crippen LogP contribution is 2.38. The van der Waals surface area contributed by atoms with Gasteiger partial charge in [-0.25, -0.2) is 4.98 Å². The van der Waals surface area contributed by atoms with E-state index < -0.39 is 11.7 Å². The molecule has 0 amide bonds. The van der Waals surface area contributed by atoms with Crippen molar-refractivity contribution in [2.75, 3.05) is 0 Å². The van der Waals surface area contributed by atoms with Gasteiger partial charge in [0.05, 0.1) is 17.8 Å². The molecule has 0 aliphatic heterocycles. The maximum absolute atomic E-state index is 13.0. The van der Waals surface area contributed by atoms with Crippen molar-refractivity contribution in [3.63, 3.8) is 0 Å². The fraction of sp³-hybridized carbons (Fsp3) is 0.348. The van der Waals surface area contributed by atoms with E-state index in [1.54, 1.807) is 16.9 Å². The minimum atomic E-state index is -4.36. The number of halogens is 3. The highest BCUT2D eigenvalue weighted by atomic mass is 19.4. The van der Waals surface area contributed by atoms with Gasteiger partial charge in [-0.2, -0.15) is 23.4 Å². The first-order chi connectivity index (χ1) is 14.7. The van der Waals surface area contributed by atoms with Crippen molar-refractivity contribution in [1.29, 1.82) is 0 Å². The molecule has 1 aliphatic rings. The zero-order chi connectivity index (χ0) is 21.8. The van der Waals surface area contributed by atoms with Gasteiger partial charge in [-0.3, -0.25) is 9.78 Å². The normalized spacial score (nSPS) is 15.9. The van der Waals surface area contributed by atoms with E-state index >= 15 is 0 Å². The molecular weight excluding hydrogens is 403 g/mol. The third-order valence-corrected chi connectivity index (χ3v) is 5.94. The molecule has 0 saturated carbocycles. The maximum Gasteiger partial charge on any atom is 0.416 e. The van der Waals surface area contributed by atoms with Crippen molar-refractivity contribution in [3.05, 3.63) is 65.1 Å². The van der Waals surface area contributed by atoms with Crippen LogP contribution in [0.15, 0.2) is 42.7 Å². The van der Waals surface area contributed by atoms with Gasteiger partial charge in [0.25, 0.3) is 0 Å². The molecule has 1 aromatic carbocycles. The summed E-state index contributed by atoms with van der Waals surface area (Å²) in [6.45, 7) is 4.77. The van der Waals surface area contributed by atoms with Crippen LogP contribution in [-0.2, 0) is 25.6 Å². The number of benzene rings is 1. The lowest BCUT2D eigenvalue weighted by atomic mass is 9.76. The smallest absolute Gasteiger partial charge is 0.282 e. The zero-order valence-electron chi connectivity index (χ0n) is 17.3. The third kappa shape index (κ3) is 3.82. The summed E-state index contributed by atoms with van der Waals surface area (Å²) < 4.78 is 40.5. The van der Waals surface area contributed by atoms with Gasteiger partial charge >= 0.3 is 6.18 Å². The van der Waals surface area contributed by atoms with Gasteiger partial charge in [-0.1, -0.05) is 26.0 Å². The minimum absolute atomic E-state index is 0.239. The van der Waals surface area contributed by atoms with Crippen LogP contribution in [0.4, 0.5) is 13.2 Å². The molecule has 0 bridgehead atoms. The van der Waals surface area contributed by atoms with Crippen molar-refractivity contribution in [2.24, 2.45) is 5.41 Å². The van der Waals surface area contributed by atoms with Crippen LogP contribution in [0, 0.1) is 5.41 Å². The number of hydrogen-bond acceptors (Lipinski definition) is 3. The largest absolute Gasteiger partial charge is 0.416 e. The predicted octanol–water partition coefficient (Wildman–Crippen LogP) is 5.40. The average Bonchev–Trinajstić information content (AvgIpc) is 3.28. The molecule has 0 atom stereocenters. The first kappa shape index (κ1) is 19.8. The lowest BCUT2D eigenvalue weighted by molar-refractivity contribution is -0.137. The number of alkyl halides is 3. The molecule has 1 N–H and O–H groups in total. The third-order valence-electron chi connectivity index (χ3n) is 5.94. The van der Waals surface area contributed by atoms with Crippen molar-refractivity contribution in [2.45, 2.75) is 45.8 Å². The quantitative estimate of drug-likeness (QED) is 0.478. The number of nitrogens with one attached hydrogen (secondary N) is 1. The molecule has 3 heterocycles. The van der Waals surface area contributed by atoms with Crippen molar-refractivity contribution in [1.82, 2.24) is 25.0 Å². The molecule has 5 rings (SSSR count). The fourth-order valence-electron chi connectivity index (χ4n) is 4.29. The number of hydrogen-bond donors (Lipinski definition) is 1. The van der Waals surface area contributed by atoms with Crippen LogP contribution < -0.4 is 0 Å².